The molecule has 2 amide bonds. The number of hydrogen-bond donors (Lipinski definition) is 3. The van der Waals surface area contributed by atoms with E-state index in [-0.39, 0.29) is 6.03 Å². The highest BCUT2D eigenvalue weighted by molar-refractivity contribution is 5.90. The van der Waals surface area contributed by atoms with E-state index in [0.29, 0.717) is 18.9 Å². The van der Waals surface area contributed by atoms with Crippen molar-refractivity contribution < 1.29 is 4.79 Å². The lowest BCUT2D eigenvalue weighted by Gasteiger charge is -2.11. The van der Waals surface area contributed by atoms with E-state index in [1.807, 2.05) is 51.1 Å². The molecule has 0 aliphatic rings. The SMILES string of the molecule is Cc1ccc(NCCNC(=O)Nc2cccc(C)c2C)nn1. The van der Waals surface area contributed by atoms with Crippen molar-refractivity contribution in [2.75, 3.05) is 23.7 Å². The van der Waals surface area contributed by atoms with E-state index < -0.39 is 0 Å². The van der Waals surface area contributed by atoms with Crippen molar-refractivity contribution in [2.24, 2.45) is 0 Å². The Morgan fingerprint density at radius 2 is 1.86 bits per heavy atom. The smallest absolute Gasteiger partial charge is 0.319 e. The third-order valence-corrected chi connectivity index (χ3v) is 3.37. The predicted octanol–water partition coefficient (Wildman–Crippen LogP) is 2.64. The topological polar surface area (TPSA) is 78.9 Å². The first-order chi connectivity index (χ1) is 10.6. The van der Waals surface area contributed by atoms with E-state index in [9.17, 15) is 4.79 Å². The minimum Gasteiger partial charge on any atom is -0.367 e. The van der Waals surface area contributed by atoms with E-state index in [0.717, 1.165) is 22.5 Å². The zero-order valence-electron chi connectivity index (χ0n) is 13.1. The van der Waals surface area contributed by atoms with Gasteiger partial charge in [-0.1, -0.05) is 12.1 Å². The molecule has 0 atom stereocenters. The molecule has 3 N–H and O–H groups in total. The second-order valence-corrected chi connectivity index (χ2v) is 5.12. The van der Waals surface area contributed by atoms with Crippen molar-refractivity contribution in [3.8, 4) is 0 Å². The minimum atomic E-state index is -0.217. The van der Waals surface area contributed by atoms with Crippen LogP contribution in [-0.2, 0) is 0 Å². The van der Waals surface area contributed by atoms with Gasteiger partial charge in [-0.2, -0.15) is 5.10 Å². The molecule has 2 rings (SSSR count). The van der Waals surface area contributed by atoms with Gasteiger partial charge in [-0.05, 0) is 50.1 Å². The van der Waals surface area contributed by atoms with Crippen LogP contribution in [0.5, 0.6) is 0 Å². The molecule has 6 heteroatoms. The van der Waals surface area contributed by atoms with Gasteiger partial charge in [-0.25, -0.2) is 4.79 Å². The van der Waals surface area contributed by atoms with E-state index in [4.69, 9.17) is 0 Å². The molecule has 0 fully saturated rings. The highest BCUT2D eigenvalue weighted by Gasteiger charge is 2.04. The molecule has 22 heavy (non-hydrogen) atoms. The molecular formula is C16H21N5O. The van der Waals surface area contributed by atoms with E-state index in [1.54, 1.807) is 0 Å². The number of carbonyl (C=O) groups is 1. The summed E-state index contributed by atoms with van der Waals surface area (Å²) in [6.07, 6.45) is 0. The second-order valence-electron chi connectivity index (χ2n) is 5.12. The molecule has 6 nitrogen and oxygen atoms in total. The Morgan fingerprint density at radius 3 is 2.59 bits per heavy atom. The molecule has 0 spiro atoms. The molecule has 0 saturated carbocycles. The Bertz CT molecular complexity index is 639. The third-order valence-electron chi connectivity index (χ3n) is 3.37. The predicted molar refractivity (Wildman–Crippen MR) is 88.2 cm³/mol. The fourth-order valence-corrected chi connectivity index (χ4v) is 1.91. The van der Waals surface area contributed by atoms with Crippen LogP contribution in [0.1, 0.15) is 16.8 Å². The molecule has 1 aromatic carbocycles. The molecule has 1 heterocycles. The number of rotatable bonds is 5. The van der Waals surface area contributed by atoms with Gasteiger partial charge in [0.1, 0.15) is 5.82 Å². The third kappa shape index (κ3) is 4.44. The first kappa shape index (κ1) is 15.8. The van der Waals surface area contributed by atoms with Crippen molar-refractivity contribution in [3.63, 3.8) is 0 Å². The summed E-state index contributed by atoms with van der Waals surface area (Å²) in [6, 6.07) is 9.36. The molecule has 0 unspecified atom stereocenters. The van der Waals surface area contributed by atoms with Crippen LogP contribution in [0.3, 0.4) is 0 Å². The van der Waals surface area contributed by atoms with Crippen molar-refractivity contribution in [3.05, 3.63) is 47.2 Å². The number of aromatic nitrogens is 2. The molecular weight excluding hydrogens is 278 g/mol. The molecule has 116 valence electrons. The zero-order valence-corrected chi connectivity index (χ0v) is 13.1. The quantitative estimate of drug-likeness (QED) is 0.742. The van der Waals surface area contributed by atoms with E-state index in [1.165, 1.54) is 0 Å². The number of urea groups is 1. The van der Waals surface area contributed by atoms with Crippen LogP contribution in [0.25, 0.3) is 0 Å². The lowest BCUT2D eigenvalue weighted by atomic mass is 10.1. The molecule has 2 aromatic rings. The maximum absolute atomic E-state index is 11.9. The maximum Gasteiger partial charge on any atom is 0.319 e. The molecule has 0 aliphatic carbocycles. The first-order valence-corrected chi connectivity index (χ1v) is 7.21. The van der Waals surface area contributed by atoms with Crippen LogP contribution < -0.4 is 16.0 Å². The number of hydrogen-bond acceptors (Lipinski definition) is 4. The number of benzene rings is 1. The Kier molecular flexibility index (Phi) is 5.30. The lowest BCUT2D eigenvalue weighted by molar-refractivity contribution is 0.252. The number of anilines is 2. The van der Waals surface area contributed by atoms with Crippen molar-refractivity contribution in [2.45, 2.75) is 20.8 Å². The average molecular weight is 299 g/mol. The maximum atomic E-state index is 11.9. The average Bonchev–Trinajstić information content (AvgIpc) is 2.50. The molecule has 0 aliphatic heterocycles. The summed E-state index contributed by atoms with van der Waals surface area (Å²) in [5.74, 6) is 0.697. The number of nitrogens with one attached hydrogen (secondary N) is 3. The number of aryl methyl sites for hydroxylation is 2. The summed E-state index contributed by atoms with van der Waals surface area (Å²) < 4.78 is 0. The van der Waals surface area contributed by atoms with Gasteiger partial charge in [-0.15, -0.1) is 5.10 Å². The van der Waals surface area contributed by atoms with Crippen LogP contribution in [0.15, 0.2) is 30.3 Å². The monoisotopic (exact) mass is 299 g/mol. The van der Waals surface area contributed by atoms with E-state index >= 15 is 0 Å². The van der Waals surface area contributed by atoms with Gasteiger partial charge >= 0.3 is 6.03 Å². The fraction of sp³-hybridized carbons (Fsp3) is 0.312. The molecule has 1 aromatic heterocycles. The van der Waals surface area contributed by atoms with Crippen LogP contribution >= 0.6 is 0 Å². The van der Waals surface area contributed by atoms with Gasteiger partial charge in [0.05, 0.1) is 5.69 Å². The lowest BCUT2D eigenvalue weighted by Crippen LogP contribution is -2.33. The van der Waals surface area contributed by atoms with Crippen molar-refractivity contribution >= 4 is 17.5 Å². The number of carbonyl (C=O) groups excluding carboxylic acids is 1. The highest BCUT2D eigenvalue weighted by atomic mass is 16.2. The van der Waals surface area contributed by atoms with Crippen LogP contribution in [0, 0.1) is 20.8 Å². The summed E-state index contributed by atoms with van der Waals surface area (Å²) in [4.78, 5) is 11.9. The van der Waals surface area contributed by atoms with Crippen molar-refractivity contribution in [1.29, 1.82) is 0 Å². The molecule has 0 saturated heterocycles. The zero-order chi connectivity index (χ0) is 15.9. The van der Waals surface area contributed by atoms with Crippen LogP contribution in [0.2, 0.25) is 0 Å². The highest BCUT2D eigenvalue weighted by Crippen LogP contribution is 2.17. The molecule has 0 radical (unpaired) electrons. The van der Waals surface area contributed by atoms with Gasteiger partial charge in [0.25, 0.3) is 0 Å². The Morgan fingerprint density at radius 1 is 1.05 bits per heavy atom. The van der Waals surface area contributed by atoms with Crippen molar-refractivity contribution in [1.82, 2.24) is 15.5 Å². The molecule has 0 bridgehead atoms. The standard InChI is InChI=1S/C16H21N5O/c1-11-5-4-6-14(13(11)3)19-16(22)18-10-9-17-15-8-7-12(2)20-21-15/h4-8H,9-10H2,1-3H3,(H,17,21)(H2,18,19,22). The minimum absolute atomic E-state index is 0.217. The number of nitrogens with zero attached hydrogens (tertiary/aromatic N) is 2. The Labute approximate surface area is 130 Å². The summed E-state index contributed by atoms with van der Waals surface area (Å²) in [7, 11) is 0. The summed E-state index contributed by atoms with van der Waals surface area (Å²) in [5.41, 5.74) is 3.93. The van der Waals surface area contributed by atoms with Crippen LogP contribution in [0.4, 0.5) is 16.3 Å². The van der Waals surface area contributed by atoms with Gasteiger partial charge in [0.2, 0.25) is 0 Å². The second kappa shape index (κ2) is 7.40. The normalized spacial score (nSPS) is 10.1. The fourth-order valence-electron chi connectivity index (χ4n) is 1.91. The Hall–Kier alpha value is -2.63. The van der Waals surface area contributed by atoms with Gasteiger partial charge in [0.15, 0.2) is 0 Å². The number of amides is 2. The van der Waals surface area contributed by atoms with Gasteiger partial charge < -0.3 is 16.0 Å². The first-order valence-electron chi connectivity index (χ1n) is 7.21. The Balaban J connectivity index is 1.74. The largest absolute Gasteiger partial charge is 0.367 e. The van der Waals surface area contributed by atoms with Gasteiger partial charge in [0, 0.05) is 18.8 Å². The van der Waals surface area contributed by atoms with E-state index in [2.05, 4.69) is 26.1 Å². The summed E-state index contributed by atoms with van der Waals surface area (Å²) >= 11 is 0. The van der Waals surface area contributed by atoms with Gasteiger partial charge in [-0.3, -0.25) is 0 Å². The summed E-state index contributed by atoms with van der Waals surface area (Å²) in [6.45, 7) is 6.97. The van der Waals surface area contributed by atoms with Crippen LogP contribution in [-0.4, -0.2) is 29.3 Å². The summed E-state index contributed by atoms with van der Waals surface area (Å²) in [5, 5.41) is 16.7.